The summed E-state index contributed by atoms with van der Waals surface area (Å²) in [4.78, 5) is 25.5. The number of nitrogens with zero attached hydrogens (tertiary/aromatic N) is 1. The number of aryl methyl sites for hydroxylation is 1. The molecule has 0 radical (unpaired) electrons. The van der Waals surface area contributed by atoms with Crippen LogP contribution in [0.3, 0.4) is 0 Å². The summed E-state index contributed by atoms with van der Waals surface area (Å²) in [5.74, 6) is -0.224. The minimum Gasteiger partial charge on any atom is -0.548 e. The first kappa shape index (κ1) is 37.7. The molecule has 0 aliphatic heterocycles. The number of methoxy groups -OCH3 is 1. The van der Waals surface area contributed by atoms with Crippen molar-refractivity contribution < 1.29 is 46.7 Å². The summed E-state index contributed by atoms with van der Waals surface area (Å²) in [5.41, 5.74) is 3.40. The second kappa shape index (κ2) is 18.0. The Morgan fingerprint density at radius 2 is 1.72 bits per heavy atom. The van der Waals surface area contributed by atoms with Crippen molar-refractivity contribution in [3.63, 3.8) is 0 Å². The van der Waals surface area contributed by atoms with Crippen molar-refractivity contribution >= 4 is 33.7 Å². The Bertz CT molecular complexity index is 1560. The number of carboxylic acid groups (broad SMARTS) is 1. The Hall–Kier alpha value is -2.74. The minimum atomic E-state index is -3.85. The average molecular weight is 659 g/mol. The van der Waals surface area contributed by atoms with E-state index in [1.54, 1.807) is 43.5 Å². The fraction of sp³-hybridized carbons (Fsp3) is 0.429. The Morgan fingerprint density at radius 1 is 1.02 bits per heavy atom. The summed E-state index contributed by atoms with van der Waals surface area (Å²) < 4.78 is 34.8. The smallest absolute Gasteiger partial charge is 0.548 e. The van der Waals surface area contributed by atoms with Gasteiger partial charge in [0.2, 0.25) is 10.0 Å². The van der Waals surface area contributed by atoms with Gasteiger partial charge in [-0.25, -0.2) is 8.42 Å². The number of hydrogen-bond donors (Lipinski definition) is 1. The normalized spacial score (nSPS) is 14.3. The van der Waals surface area contributed by atoms with Gasteiger partial charge in [-0.05, 0) is 96.3 Å². The second-order valence-electron chi connectivity index (χ2n) is 11.6. The van der Waals surface area contributed by atoms with Crippen molar-refractivity contribution in [2.45, 2.75) is 69.4 Å². The molecule has 11 heteroatoms. The number of carbonyl (C=O) groups excluding carboxylic acids is 2. The number of carboxylic acids is 1. The van der Waals surface area contributed by atoms with Crippen molar-refractivity contribution in [1.29, 1.82) is 0 Å². The minimum absolute atomic E-state index is 0. The molecule has 8 nitrogen and oxygen atoms in total. The summed E-state index contributed by atoms with van der Waals surface area (Å²) in [6.07, 6.45) is 8.70. The van der Waals surface area contributed by atoms with Gasteiger partial charge in [-0.1, -0.05) is 62.4 Å². The number of nitrogens with one attached hydrogen (secondary N) is 1. The first-order valence-electron chi connectivity index (χ1n) is 15.5. The molecule has 1 aliphatic rings. The van der Waals surface area contributed by atoms with E-state index in [-0.39, 0.29) is 36.7 Å². The van der Waals surface area contributed by atoms with Crippen LogP contribution in [0.4, 0.5) is 0 Å². The van der Waals surface area contributed by atoms with Gasteiger partial charge in [-0.15, -0.1) is 0 Å². The largest absolute Gasteiger partial charge is 1.00 e. The van der Waals surface area contributed by atoms with Crippen molar-refractivity contribution in [3.8, 4) is 16.9 Å². The van der Waals surface area contributed by atoms with Crippen LogP contribution in [0, 0.1) is 12.8 Å². The van der Waals surface area contributed by atoms with Crippen LogP contribution in [0.1, 0.15) is 66.4 Å². The summed E-state index contributed by atoms with van der Waals surface area (Å²) in [7, 11) is -2.31. The Labute approximate surface area is 289 Å². The van der Waals surface area contributed by atoms with Gasteiger partial charge < -0.3 is 20.0 Å². The van der Waals surface area contributed by atoms with Gasteiger partial charge in [-0.2, -0.15) is 16.1 Å². The van der Waals surface area contributed by atoms with Gasteiger partial charge in [0.15, 0.2) is 0 Å². The molecule has 1 amide bonds. The maximum absolute atomic E-state index is 14.0. The van der Waals surface area contributed by atoms with Crippen LogP contribution in [-0.4, -0.2) is 56.3 Å². The molecule has 1 aliphatic carbocycles. The van der Waals surface area contributed by atoms with Crippen molar-refractivity contribution in [3.05, 3.63) is 83.4 Å². The molecule has 0 saturated heterocycles. The molecule has 46 heavy (non-hydrogen) atoms. The molecule has 242 valence electrons. The standard InChI is InChI=1S/C35H44N2O6S2.Li/c1-25-9-7-8-12-30(25)32-23-27(13-18-31(32)34(38)36-33(35(39)40)20-22-44-3)24-37(21-19-26-10-5-4-6-11-26)45(41,42)29-16-14-28(43-2)15-17-29;/h7-9,12-18,23,26,33H,4-6,10-11,19-22,24H2,1-3H3,(H,36,38)(H,39,40);/q;+1/p-1/t33-;/m0./s1. The van der Waals surface area contributed by atoms with Gasteiger partial charge in [0, 0.05) is 18.7 Å². The molecule has 0 aromatic heterocycles. The molecule has 0 heterocycles. The van der Waals surface area contributed by atoms with E-state index in [1.807, 2.05) is 43.5 Å². The van der Waals surface area contributed by atoms with Crippen LogP contribution in [-0.2, 0) is 21.4 Å². The fourth-order valence-corrected chi connectivity index (χ4v) is 7.81. The van der Waals surface area contributed by atoms with Crippen LogP contribution < -0.4 is 34.0 Å². The average Bonchev–Trinajstić information content (AvgIpc) is 3.05. The molecular formula is C35H43LiN2O6S2. The third-order valence-electron chi connectivity index (χ3n) is 8.53. The second-order valence-corrected chi connectivity index (χ2v) is 14.6. The summed E-state index contributed by atoms with van der Waals surface area (Å²) in [6.45, 7) is 2.44. The van der Waals surface area contributed by atoms with E-state index in [2.05, 4.69) is 5.32 Å². The molecule has 1 fully saturated rings. The molecule has 3 aromatic carbocycles. The van der Waals surface area contributed by atoms with E-state index in [0.717, 1.165) is 36.0 Å². The molecular weight excluding hydrogens is 615 g/mol. The molecule has 3 aromatic rings. The van der Waals surface area contributed by atoms with Crippen LogP contribution in [0.25, 0.3) is 11.1 Å². The number of thioether (sulfide) groups is 1. The zero-order valence-corrected chi connectivity index (χ0v) is 28.9. The van der Waals surface area contributed by atoms with Gasteiger partial charge in [-0.3, -0.25) is 4.79 Å². The molecule has 0 spiro atoms. The molecule has 1 N–H and O–H groups in total. The monoisotopic (exact) mass is 658 g/mol. The predicted octanol–water partition coefficient (Wildman–Crippen LogP) is 2.44. The number of aliphatic carboxylic acids is 1. The quantitative estimate of drug-likeness (QED) is 0.250. The third-order valence-corrected chi connectivity index (χ3v) is 11.0. The third kappa shape index (κ3) is 9.88. The van der Waals surface area contributed by atoms with Crippen LogP contribution in [0.15, 0.2) is 71.6 Å². The van der Waals surface area contributed by atoms with Crippen LogP contribution in [0.5, 0.6) is 5.75 Å². The van der Waals surface area contributed by atoms with Gasteiger partial charge in [0.1, 0.15) is 5.75 Å². The first-order valence-corrected chi connectivity index (χ1v) is 18.3. The molecule has 0 bridgehead atoms. The van der Waals surface area contributed by atoms with E-state index >= 15 is 0 Å². The van der Waals surface area contributed by atoms with Gasteiger partial charge >= 0.3 is 18.9 Å². The number of benzene rings is 3. The topological polar surface area (TPSA) is 116 Å². The Kier molecular flexibility index (Phi) is 14.7. The van der Waals surface area contributed by atoms with E-state index in [1.165, 1.54) is 35.3 Å². The number of carbonyl (C=O) groups is 2. The van der Waals surface area contributed by atoms with E-state index < -0.39 is 27.9 Å². The Morgan fingerprint density at radius 3 is 2.35 bits per heavy atom. The summed E-state index contributed by atoms with van der Waals surface area (Å²) in [6, 6.07) is 18.2. The summed E-state index contributed by atoms with van der Waals surface area (Å²) >= 11 is 1.49. The SMILES string of the molecule is COc1ccc(S(=O)(=O)N(CCC2CCCCC2)Cc2ccc(C(=O)N[C@@H](CCSC)C(=O)[O-])c(-c3ccccc3C)c2)cc1.[Li+]. The van der Waals surface area contributed by atoms with Crippen molar-refractivity contribution in [1.82, 2.24) is 9.62 Å². The number of ether oxygens (including phenoxy) is 1. The first-order chi connectivity index (χ1) is 21.6. The number of rotatable bonds is 15. The predicted molar refractivity (Wildman–Crippen MR) is 178 cm³/mol. The van der Waals surface area contributed by atoms with Crippen molar-refractivity contribution in [2.24, 2.45) is 5.92 Å². The van der Waals surface area contributed by atoms with Gasteiger partial charge in [0.05, 0.1) is 24.0 Å². The maximum atomic E-state index is 14.0. The molecule has 0 unspecified atom stereocenters. The number of sulfonamides is 1. The van der Waals surface area contributed by atoms with E-state index in [4.69, 9.17) is 4.74 Å². The molecule has 1 saturated carbocycles. The zero-order valence-electron chi connectivity index (χ0n) is 27.3. The number of amides is 1. The zero-order chi connectivity index (χ0) is 32.4. The van der Waals surface area contributed by atoms with Crippen LogP contribution in [0.2, 0.25) is 0 Å². The number of hydrogen-bond acceptors (Lipinski definition) is 7. The molecule has 4 rings (SSSR count). The molecule has 1 atom stereocenters. The maximum Gasteiger partial charge on any atom is 1.00 e. The Balaban J connectivity index is 0.00000576. The summed E-state index contributed by atoms with van der Waals surface area (Å²) in [5, 5.41) is 14.4. The van der Waals surface area contributed by atoms with Crippen molar-refractivity contribution in [2.75, 3.05) is 25.7 Å². The fourth-order valence-electron chi connectivity index (χ4n) is 5.89. The van der Waals surface area contributed by atoms with E-state index in [9.17, 15) is 23.1 Å². The van der Waals surface area contributed by atoms with Crippen LogP contribution >= 0.6 is 11.8 Å². The van der Waals surface area contributed by atoms with E-state index in [0.29, 0.717) is 35.1 Å². The van der Waals surface area contributed by atoms with Gasteiger partial charge in [0.25, 0.3) is 5.91 Å².